The molecule has 16 heavy (non-hydrogen) atoms. The Morgan fingerprint density at radius 2 is 2.12 bits per heavy atom. The number of benzene rings is 1. The van der Waals surface area contributed by atoms with Crippen LogP contribution in [0.3, 0.4) is 0 Å². The van der Waals surface area contributed by atoms with Crippen LogP contribution in [0.2, 0.25) is 0 Å². The van der Waals surface area contributed by atoms with Crippen molar-refractivity contribution in [2.75, 3.05) is 20.8 Å². The maximum Gasteiger partial charge on any atom is 0.337 e. The Morgan fingerprint density at radius 1 is 1.44 bits per heavy atom. The molecule has 1 rings (SSSR count). The van der Waals surface area contributed by atoms with Crippen molar-refractivity contribution in [1.82, 2.24) is 0 Å². The first-order chi connectivity index (χ1) is 7.57. The summed E-state index contributed by atoms with van der Waals surface area (Å²) in [6.45, 7) is 2.22. The second kappa shape index (κ2) is 5.09. The molecule has 2 N–H and O–H groups in total. The molecule has 0 saturated heterocycles. The number of methoxy groups -OCH3 is 2. The van der Waals surface area contributed by atoms with Gasteiger partial charge >= 0.3 is 5.97 Å². The first-order valence-electron chi connectivity index (χ1n) is 5.01. The predicted molar refractivity (Wildman–Crippen MR) is 61.2 cm³/mol. The maximum absolute atomic E-state index is 11.4. The Bertz CT molecular complexity index is 372. The fraction of sp³-hybridized carbons (Fsp3) is 0.417. The van der Waals surface area contributed by atoms with E-state index in [0.29, 0.717) is 12.1 Å². The summed E-state index contributed by atoms with van der Waals surface area (Å²) >= 11 is 0. The molecule has 1 aromatic rings. The summed E-state index contributed by atoms with van der Waals surface area (Å²) in [5, 5.41) is 0. The molecular weight excluding hydrogens is 206 g/mol. The zero-order valence-corrected chi connectivity index (χ0v) is 9.82. The lowest BCUT2D eigenvalue weighted by Crippen LogP contribution is -2.33. The summed E-state index contributed by atoms with van der Waals surface area (Å²) in [4.78, 5) is 11.4. The van der Waals surface area contributed by atoms with Crippen LogP contribution >= 0.6 is 0 Å². The highest BCUT2D eigenvalue weighted by molar-refractivity contribution is 5.89. The summed E-state index contributed by atoms with van der Waals surface area (Å²) in [5.74, 6) is -0.364. The van der Waals surface area contributed by atoms with Crippen molar-refractivity contribution >= 4 is 5.97 Å². The van der Waals surface area contributed by atoms with Crippen LogP contribution in [0.1, 0.15) is 22.8 Å². The summed E-state index contributed by atoms with van der Waals surface area (Å²) < 4.78 is 10.0. The van der Waals surface area contributed by atoms with Gasteiger partial charge in [-0.3, -0.25) is 0 Å². The van der Waals surface area contributed by atoms with Crippen molar-refractivity contribution < 1.29 is 14.3 Å². The molecular formula is C12H17NO3. The van der Waals surface area contributed by atoms with E-state index in [1.165, 1.54) is 7.11 Å². The van der Waals surface area contributed by atoms with Gasteiger partial charge in [-0.1, -0.05) is 12.1 Å². The standard InChI is InChI=1S/C12H17NO3/c1-12(8-13,16-3)10-6-4-5-9(7-10)11(14)15-2/h4-7H,8,13H2,1-3H3. The molecule has 1 aromatic carbocycles. The number of carbonyl (C=O) groups excluding carboxylic acids is 1. The predicted octanol–water partition coefficient (Wildman–Crippen LogP) is 1.29. The molecule has 0 aliphatic carbocycles. The third-order valence-corrected chi connectivity index (χ3v) is 2.73. The van der Waals surface area contributed by atoms with Crippen LogP contribution < -0.4 is 5.73 Å². The minimum atomic E-state index is -0.579. The zero-order chi connectivity index (χ0) is 12.2. The molecule has 0 saturated carbocycles. The summed E-state index contributed by atoms with van der Waals surface area (Å²) in [7, 11) is 2.95. The van der Waals surface area contributed by atoms with E-state index in [2.05, 4.69) is 4.74 Å². The van der Waals surface area contributed by atoms with Gasteiger partial charge in [0.05, 0.1) is 12.7 Å². The van der Waals surface area contributed by atoms with E-state index in [4.69, 9.17) is 10.5 Å². The Hall–Kier alpha value is -1.39. The van der Waals surface area contributed by atoms with Crippen LogP contribution in [0.25, 0.3) is 0 Å². The zero-order valence-electron chi connectivity index (χ0n) is 9.82. The van der Waals surface area contributed by atoms with Gasteiger partial charge in [-0.05, 0) is 24.6 Å². The number of hydrogen-bond acceptors (Lipinski definition) is 4. The molecule has 0 aliphatic heterocycles. The monoisotopic (exact) mass is 223 g/mol. The summed E-state index contributed by atoms with van der Waals surface area (Å²) in [6.07, 6.45) is 0. The van der Waals surface area contributed by atoms with E-state index in [-0.39, 0.29) is 5.97 Å². The molecule has 0 radical (unpaired) electrons. The van der Waals surface area contributed by atoms with Crippen LogP contribution in [0.5, 0.6) is 0 Å². The molecule has 0 spiro atoms. The molecule has 0 bridgehead atoms. The van der Waals surface area contributed by atoms with Crippen molar-refractivity contribution in [3.05, 3.63) is 35.4 Å². The lowest BCUT2D eigenvalue weighted by atomic mass is 9.94. The minimum absolute atomic E-state index is 0.341. The third kappa shape index (κ3) is 2.40. The summed E-state index contributed by atoms with van der Waals surface area (Å²) in [6, 6.07) is 7.10. The minimum Gasteiger partial charge on any atom is -0.465 e. The number of nitrogens with two attached hydrogens (primary N) is 1. The molecule has 4 heteroatoms. The van der Waals surface area contributed by atoms with Gasteiger partial charge in [-0.2, -0.15) is 0 Å². The van der Waals surface area contributed by atoms with Gasteiger partial charge < -0.3 is 15.2 Å². The van der Waals surface area contributed by atoms with Crippen molar-refractivity contribution in [3.63, 3.8) is 0 Å². The molecule has 0 fully saturated rings. The SMILES string of the molecule is COC(=O)c1cccc(C(C)(CN)OC)c1. The van der Waals surface area contributed by atoms with Gasteiger partial charge in [0.25, 0.3) is 0 Å². The topological polar surface area (TPSA) is 61.5 Å². The molecule has 0 amide bonds. The lowest BCUT2D eigenvalue weighted by Gasteiger charge is -2.27. The van der Waals surface area contributed by atoms with Gasteiger partial charge in [-0.25, -0.2) is 4.79 Å². The Morgan fingerprint density at radius 3 is 2.62 bits per heavy atom. The van der Waals surface area contributed by atoms with E-state index in [9.17, 15) is 4.79 Å². The number of ether oxygens (including phenoxy) is 2. The molecule has 0 aliphatic rings. The summed E-state index contributed by atoms with van der Waals surface area (Å²) in [5.41, 5.74) is 6.45. The molecule has 0 aromatic heterocycles. The number of rotatable bonds is 4. The number of hydrogen-bond donors (Lipinski definition) is 1. The molecule has 1 unspecified atom stereocenters. The highest BCUT2D eigenvalue weighted by Crippen LogP contribution is 2.24. The molecule has 88 valence electrons. The van der Waals surface area contributed by atoms with Gasteiger partial charge in [0.1, 0.15) is 5.60 Å². The second-order valence-corrected chi connectivity index (χ2v) is 3.71. The van der Waals surface area contributed by atoms with E-state index in [0.717, 1.165) is 5.56 Å². The highest BCUT2D eigenvalue weighted by Gasteiger charge is 2.25. The first-order valence-corrected chi connectivity index (χ1v) is 5.01. The fourth-order valence-corrected chi connectivity index (χ4v) is 1.41. The molecule has 4 nitrogen and oxygen atoms in total. The maximum atomic E-state index is 11.4. The number of carbonyl (C=O) groups is 1. The van der Waals surface area contributed by atoms with Crippen LogP contribution in [0.15, 0.2) is 24.3 Å². The first kappa shape index (κ1) is 12.7. The van der Waals surface area contributed by atoms with Crippen LogP contribution in [-0.4, -0.2) is 26.7 Å². The Kier molecular flexibility index (Phi) is 4.04. The Labute approximate surface area is 95.3 Å². The molecule has 1 atom stereocenters. The Balaban J connectivity index is 3.11. The van der Waals surface area contributed by atoms with Crippen molar-refractivity contribution in [2.45, 2.75) is 12.5 Å². The van der Waals surface area contributed by atoms with E-state index >= 15 is 0 Å². The van der Waals surface area contributed by atoms with Gasteiger partial charge in [0.2, 0.25) is 0 Å². The third-order valence-electron chi connectivity index (χ3n) is 2.73. The van der Waals surface area contributed by atoms with Crippen LogP contribution in [0.4, 0.5) is 0 Å². The van der Waals surface area contributed by atoms with Gasteiger partial charge in [-0.15, -0.1) is 0 Å². The molecule has 0 heterocycles. The average molecular weight is 223 g/mol. The quantitative estimate of drug-likeness (QED) is 0.781. The normalized spacial score (nSPS) is 14.2. The van der Waals surface area contributed by atoms with Gasteiger partial charge in [0, 0.05) is 13.7 Å². The van der Waals surface area contributed by atoms with Crippen molar-refractivity contribution in [3.8, 4) is 0 Å². The van der Waals surface area contributed by atoms with Crippen molar-refractivity contribution in [2.24, 2.45) is 5.73 Å². The lowest BCUT2D eigenvalue weighted by molar-refractivity contribution is 0.00998. The second-order valence-electron chi connectivity index (χ2n) is 3.71. The smallest absolute Gasteiger partial charge is 0.337 e. The van der Waals surface area contributed by atoms with E-state index < -0.39 is 5.60 Å². The van der Waals surface area contributed by atoms with Crippen LogP contribution in [-0.2, 0) is 15.1 Å². The van der Waals surface area contributed by atoms with Crippen LogP contribution in [0, 0.1) is 0 Å². The van der Waals surface area contributed by atoms with Crippen molar-refractivity contribution in [1.29, 1.82) is 0 Å². The largest absolute Gasteiger partial charge is 0.465 e. The number of esters is 1. The average Bonchev–Trinajstić information content (AvgIpc) is 2.37. The van der Waals surface area contributed by atoms with E-state index in [1.54, 1.807) is 25.3 Å². The van der Waals surface area contributed by atoms with Gasteiger partial charge in [0.15, 0.2) is 0 Å². The fourth-order valence-electron chi connectivity index (χ4n) is 1.41. The highest BCUT2D eigenvalue weighted by atomic mass is 16.5. The van der Waals surface area contributed by atoms with E-state index in [1.807, 2.05) is 13.0 Å².